The monoisotopic (exact) mass is 305 g/mol. The average Bonchev–Trinajstić information content (AvgIpc) is 3.14. The number of furan rings is 1. The maximum absolute atomic E-state index is 9.47. The number of β-amino-alcohol motifs (C(OH)–C–C–N with tert-alkyl or cyclic N) is 1. The number of benzene rings is 1. The van der Waals surface area contributed by atoms with Gasteiger partial charge in [0, 0.05) is 30.6 Å². The van der Waals surface area contributed by atoms with Crippen molar-refractivity contribution in [3.8, 4) is 5.75 Å². The van der Waals surface area contributed by atoms with Crippen molar-refractivity contribution < 1.29 is 19.0 Å². The summed E-state index contributed by atoms with van der Waals surface area (Å²) in [4.78, 5) is 2.24. The van der Waals surface area contributed by atoms with Gasteiger partial charge in [-0.25, -0.2) is 0 Å². The van der Waals surface area contributed by atoms with Crippen molar-refractivity contribution in [2.45, 2.75) is 18.9 Å². The van der Waals surface area contributed by atoms with E-state index in [2.05, 4.69) is 4.90 Å². The van der Waals surface area contributed by atoms with Gasteiger partial charge >= 0.3 is 0 Å². The Bertz CT molecular complexity index is 610. The molecule has 120 valence electrons. The number of likely N-dealkylation sites (tertiary alicyclic amines) is 1. The van der Waals surface area contributed by atoms with E-state index in [0.29, 0.717) is 13.2 Å². The summed E-state index contributed by atoms with van der Waals surface area (Å²) in [5.74, 6) is 0.875. The smallest absolute Gasteiger partial charge is 0.134 e. The maximum atomic E-state index is 9.47. The highest BCUT2D eigenvalue weighted by Gasteiger charge is 2.19. The van der Waals surface area contributed by atoms with E-state index >= 15 is 0 Å². The molecule has 0 saturated carbocycles. The highest BCUT2D eigenvalue weighted by Crippen LogP contribution is 2.27. The fraction of sp³-hybridized carbons (Fsp3) is 0.529. The molecule has 0 spiro atoms. The standard InChI is InChI=1S/C17H23NO4/c1-20-16-10-14-4-8-22-17(14)11-13(16)3-7-21-9-6-18-5-2-15(19)12-18/h4,8,10-11,15,19H,2-3,5-7,9,12H2,1H3/t15-/m0/s1. The first-order valence-corrected chi connectivity index (χ1v) is 7.78. The lowest BCUT2D eigenvalue weighted by Crippen LogP contribution is -2.26. The Labute approximate surface area is 130 Å². The lowest BCUT2D eigenvalue weighted by atomic mass is 10.1. The zero-order valence-corrected chi connectivity index (χ0v) is 13.0. The molecule has 0 amide bonds. The predicted molar refractivity (Wildman–Crippen MR) is 84.4 cm³/mol. The first kappa shape index (κ1) is 15.3. The van der Waals surface area contributed by atoms with Crippen LogP contribution in [-0.2, 0) is 11.2 Å². The molecule has 0 bridgehead atoms. The zero-order valence-electron chi connectivity index (χ0n) is 13.0. The minimum Gasteiger partial charge on any atom is -0.496 e. The summed E-state index contributed by atoms with van der Waals surface area (Å²) in [6, 6.07) is 5.96. The Balaban J connectivity index is 1.46. The molecule has 1 aliphatic heterocycles. The normalized spacial score (nSPS) is 19.1. The van der Waals surface area contributed by atoms with Gasteiger partial charge in [-0.15, -0.1) is 0 Å². The molecule has 0 aliphatic carbocycles. The molecule has 1 aromatic carbocycles. The van der Waals surface area contributed by atoms with E-state index < -0.39 is 0 Å². The van der Waals surface area contributed by atoms with E-state index in [-0.39, 0.29) is 6.10 Å². The molecule has 0 unspecified atom stereocenters. The number of methoxy groups -OCH3 is 1. The number of ether oxygens (including phenoxy) is 2. The second-order valence-electron chi connectivity index (χ2n) is 5.73. The van der Waals surface area contributed by atoms with Gasteiger partial charge in [0.15, 0.2) is 0 Å². The first-order valence-electron chi connectivity index (χ1n) is 7.78. The third kappa shape index (κ3) is 3.61. The van der Waals surface area contributed by atoms with Gasteiger partial charge in [0.2, 0.25) is 0 Å². The van der Waals surface area contributed by atoms with E-state index in [0.717, 1.165) is 54.8 Å². The Morgan fingerprint density at radius 3 is 3.05 bits per heavy atom. The SMILES string of the molecule is COc1cc2ccoc2cc1CCOCCN1CC[C@H](O)C1. The van der Waals surface area contributed by atoms with E-state index in [1.54, 1.807) is 13.4 Å². The lowest BCUT2D eigenvalue weighted by Gasteiger charge is -2.15. The van der Waals surface area contributed by atoms with E-state index in [1.165, 1.54) is 0 Å². The molecule has 1 N–H and O–H groups in total. The summed E-state index contributed by atoms with van der Waals surface area (Å²) in [6.07, 6.45) is 3.20. The molecule has 3 rings (SSSR count). The molecular formula is C17H23NO4. The highest BCUT2D eigenvalue weighted by molar-refractivity contribution is 5.80. The minimum atomic E-state index is -0.163. The van der Waals surface area contributed by atoms with Crippen molar-refractivity contribution >= 4 is 11.0 Å². The minimum absolute atomic E-state index is 0.163. The van der Waals surface area contributed by atoms with Crippen LogP contribution in [0.5, 0.6) is 5.75 Å². The van der Waals surface area contributed by atoms with Crippen molar-refractivity contribution in [2.24, 2.45) is 0 Å². The average molecular weight is 305 g/mol. The summed E-state index contributed by atoms with van der Waals surface area (Å²) in [5.41, 5.74) is 1.98. The molecule has 22 heavy (non-hydrogen) atoms. The summed E-state index contributed by atoms with van der Waals surface area (Å²) >= 11 is 0. The molecule has 1 aliphatic rings. The van der Waals surface area contributed by atoms with Crippen molar-refractivity contribution in [3.63, 3.8) is 0 Å². The molecule has 5 heteroatoms. The van der Waals surface area contributed by atoms with Crippen LogP contribution >= 0.6 is 0 Å². The van der Waals surface area contributed by atoms with Crippen LogP contribution in [0.2, 0.25) is 0 Å². The number of rotatable bonds is 7. The second kappa shape index (κ2) is 7.13. The fourth-order valence-corrected chi connectivity index (χ4v) is 2.91. The number of hydrogen-bond donors (Lipinski definition) is 1. The van der Waals surface area contributed by atoms with Gasteiger partial charge in [-0.05, 0) is 31.0 Å². The summed E-state index contributed by atoms with van der Waals surface area (Å²) < 4.78 is 16.6. The molecule has 5 nitrogen and oxygen atoms in total. The number of nitrogens with zero attached hydrogens (tertiary/aromatic N) is 1. The van der Waals surface area contributed by atoms with Crippen molar-refractivity contribution in [1.82, 2.24) is 4.90 Å². The summed E-state index contributed by atoms with van der Waals surface area (Å²) in [5, 5.41) is 10.5. The maximum Gasteiger partial charge on any atom is 0.134 e. The van der Waals surface area contributed by atoms with Gasteiger partial charge in [0.05, 0.1) is 32.7 Å². The largest absolute Gasteiger partial charge is 0.496 e. The lowest BCUT2D eigenvalue weighted by molar-refractivity contribution is 0.106. The molecular weight excluding hydrogens is 282 g/mol. The quantitative estimate of drug-likeness (QED) is 0.794. The molecule has 1 atom stereocenters. The van der Waals surface area contributed by atoms with E-state index in [1.807, 2.05) is 18.2 Å². The van der Waals surface area contributed by atoms with Crippen LogP contribution in [0, 0.1) is 0 Å². The second-order valence-corrected chi connectivity index (χ2v) is 5.73. The van der Waals surface area contributed by atoms with Crippen LogP contribution in [0.3, 0.4) is 0 Å². The van der Waals surface area contributed by atoms with Gasteiger partial charge < -0.3 is 19.0 Å². The molecule has 1 aromatic heterocycles. The third-order valence-corrected chi connectivity index (χ3v) is 4.17. The summed E-state index contributed by atoms with van der Waals surface area (Å²) in [6.45, 7) is 3.96. The molecule has 2 heterocycles. The first-order chi connectivity index (χ1) is 10.8. The van der Waals surface area contributed by atoms with E-state index in [4.69, 9.17) is 13.9 Å². The number of fused-ring (bicyclic) bond motifs is 1. The van der Waals surface area contributed by atoms with Gasteiger partial charge in [0.25, 0.3) is 0 Å². The van der Waals surface area contributed by atoms with Crippen molar-refractivity contribution in [3.05, 3.63) is 30.0 Å². The fourth-order valence-electron chi connectivity index (χ4n) is 2.91. The number of hydrogen-bond acceptors (Lipinski definition) is 5. The van der Waals surface area contributed by atoms with Crippen LogP contribution in [0.15, 0.2) is 28.9 Å². The number of aliphatic hydroxyl groups excluding tert-OH is 1. The molecule has 1 saturated heterocycles. The van der Waals surface area contributed by atoms with Gasteiger partial charge in [-0.1, -0.05) is 0 Å². The van der Waals surface area contributed by atoms with E-state index in [9.17, 15) is 5.11 Å². The predicted octanol–water partition coefficient (Wildman–Crippen LogP) is 2.07. The number of aliphatic hydroxyl groups is 1. The Hall–Kier alpha value is -1.56. The highest BCUT2D eigenvalue weighted by atomic mass is 16.5. The summed E-state index contributed by atoms with van der Waals surface area (Å²) in [7, 11) is 1.68. The molecule has 0 radical (unpaired) electrons. The third-order valence-electron chi connectivity index (χ3n) is 4.17. The van der Waals surface area contributed by atoms with Gasteiger partial charge in [0.1, 0.15) is 11.3 Å². The Kier molecular flexibility index (Phi) is 4.97. The van der Waals surface area contributed by atoms with Crippen LogP contribution < -0.4 is 4.74 Å². The molecule has 2 aromatic rings. The van der Waals surface area contributed by atoms with Crippen LogP contribution in [-0.4, -0.2) is 56.1 Å². The van der Waals surface area contributed by atoms with Crippen LogP contribution in [0.25, 0.3) is 11.0 Å². The zero-order chi connectivity index (χ0) is 15.4. The van der Waals surface area contributed by atoms with Crippen LogP contribution in [0.1, 0.15) is 12.0 Å². The van der Waals surface area contributed by atoms with Gasteiger partial charge in [-0.3, -0.25) is 4.90 Å². The van der Waals surface area contributed by atoms with Crippen molar-refractivity contribution in [1.29, 1.82) is 0 Å². The Morgan fingerprint density at radius 2 is 2.27 bits per heavy atom. The van der Waals surface area contributed by atoms with Gasteiger partial charge in [-0.2, -0.15) is 0 Å². The van der Waals surface area contributed by atoms with Crippen molar-refractivity contribution in [2.75, 3.05) is 40.0 Å². The Morgan fingerprint density at radius 1 is 1.36 bits per heavy atom. The molecule has 1 fully saturated rings. The van der Waals surface area contributed by atoms with Crippen LogP contribution in [0.4, 0.5) is 0 Å². The topological polar surface area (TPSA) is 55.1 Å².